The van der Waals surface area contributed by atoms with Crippen LogP contribution in [0, 0.1) is 17.4 Å². The summed E-state index contributed by atoms with van der Waals surface area (Å²) in [5.74, 6) is 0.846. The summed E-state index contributed by atoms with van der Waals surface area (Å²) < 4.78 is 12.0. The van der Waals surface area contributed by atoms with Crippen LogP contribution in [-0.4, -0.2) is 17.5 Å². The summed E-state index contributed by atoms with van der Waals surface area (Å²) in [4.78, 5) is 0. The van der Waals surface area contributed by atoms with Gasteiger partial charge in [-0.25, -0.2) is 0 Å². The van der Waals surface area contributed by atoms with Crippen molar-refractivity contribution in [2.24, 2.45) is 0 Å². The quantitative estimate of drug-likeness (QED) is 0.370. The minimum absolute atomic E-state index is 0.0115. The molecule has 134 valence electrons. The van der Waals surface area contributed by atoms with Gasteiger partial charge in [0.1, 0.15) is 12.4 Å². The molecule has 0 heterocycles. The smallest absolute Gasteiger partial charge is 0.288 e. The van der Waals surface area contributed by atoms with E-state index in [0.717, 1.165) is 31.9 Å². The van der Waals surface area contributed by atoms with Crippen molar-refractivity contribution in [3.05, 3.63) is 56.2 Å². The molecule has 2 aromatic carbocycles. The fraction of sp³-hybridized carbons (Fsp3) is 0.316. The number of benzene rings is 2. The number of hydrogen-bond acceptors (Lipinski definition) is 4. The molecule has 0 radical (unpaired) electrons. The van der Waals surface area contributed by atoms with E-state index in [-0.39, 0.29) is 5.17 Å². The fourth-order valence-electron chi connectivity index (χ4n) is 2.61. The molecule has 0 aliphatic heterocycles. The largest absolute Gasteiger partial charge is 0.489 e. The van der Waals surface area contributed by atoms with Crippen molar-refractivity contribution in [2.75, 3.05) is 12.2 Å². The number of ether oxygens (including phenoxy) is 2. The molecule has 0 aliphatic carbocycles. The van der Waals surface area contributed by atoms with Gasteiger partial charge in [-0.2, -0.15) is 5.06 Å². The predicted molar refractivity (Wildman–Crippen MR) is 113 cm³/mol. The van der Waals surface area contributed by atoms with Gasteiger partial charge in [-0.05, 0) is 90.0 Å². The molecule has 25 heavy (non-hydrogen) atoms. The van der Waals surface area contributed by atoms with Crippen molar-refractivity contribution in [2.45, 2.75) is 33.8 Å². The van der Waals surface area contributed by atoms with Gasteiger partial charge < -0.3 is 9.47 Å². The van der Waals surface area contributed by atoms with E-state index in [2.05, 4.69) is 48.6 Å². The van der Waals surface area contributed by atoms with E-state index < -0.39 is 0 Å². The van der Waals surface area contributed by atoms with E-state index in [1.54, 1.807) is 6.07 Å². The van der Waals surface area contributed by atoms with Crippen LogP contribution in [0.25, 0.3) is 0 Å². The number of methoxy groups -OCH3 is 1. The van der Waals surface area contributed by atoms with Crippen LogP contribution in [0.4, 0.5) is 5.69 Å². The molecule has 2 aromatic rings. The first kappa shape index (κ1) is 19.9. The van der Waals surface area contributed by atoms with E-state index in [0.29, 0.717) is 12.3 Å². The van der Waals surface area contributed by atoms with Crippen molar-refractivity contribution < 1.29 is 14.7 Å². The summed E-state index contributed by atoms with van der Waals surface area (Å²) in [7, 11) is 1.43. The van der Waals surface area contributed by atoms with Gasteiger partial charge in [-0.1, -0.05) is 19.1 Å². The summed E-state index contributed by atoms with van der Waals surface area (Å²) >= 11 is 7.24. The summed E-state index contributed by atoms with van der Waals surface area (Å²) in [6, 6.07) is 9.84. The maximum absolute atomic E-state index is 10.3. The zero-order chi connectivity index (χ0) is 18.6. The molecule has 2 rings (SSSR count). The predicted octanol–water partition coefficient (Wildman–Crippen LogP) is 5.18. The zero-order valence-electron chi connectivity index (χ0n) is 14.8. The molecule has 0 atom stereocenters. The van der Waals surface area contributed by atoms with Crippen molar-refractivity contribution >= 4 is 45.7 Å². The second kappa shape index (κ2) is 8.82. The molecule has 1 N–H and O–H groups in total. The maximum Gasteiger partial charge on any atom is 0.288 e. The van der Waals surface area contributed by atoms with E-state index in [1.165, 1.54) is 18.2 Å². The molecule has 0 saturated carbocycles. The molecule has 0 bridgehead atoms. The lowest BCUT2D eigenvalue weighted by molar-refractivity contribution is 0.264. The van der Waals surface area contributed by atoms with Crippen LogP contribution >= 0.6 is 34.8 Å². The minimum atomic E-state index is -0.0115. The number of hydroxylamine groups is 1. The van der Waals surface area contributed by atoms with Gasteiger partial charge in [0.2, 0.25) is 0 Å². The van der Waals surface area contributed by atoms with Crippen LogP contribution in [0.5, 0.6) is 5.75 Å². The Kier molecular flexibility index (Phi) is 7.04. The Morgan fingerprint density at radius 2 is 1.96 bits per heavy atom. The van der Waals surface area contributed by atoms with Crippen LogP contribution < -0.4 is 9.80 Å². The number of thiocarbonyl (C=S) groups is 1. The lowest BCUT2D eigenvalue weighted by Gasteiger charge is -2.21. The van der Waals surface area contributed by atoms with Crippen LogP contribution in [0.2, 0.25) is 0 Å². The topological polar surface area (TPSA) is 41.9 Å². The molecule has 0 aliphatic rings. The highest BCUT2D eigenvalue weighted by atomic mass is 127. The highest BCUT2D eigenvalue weighted by Crippen LogP contribution is 2.29. The maximum atomic E-state index is 10.3. The molecule has 0 amide bonds. The number of halogens is 1. The SMILES string of the molecule is CCc1cc(C)c(OCc2c(I)cccc2N(O)C(=S)OC)cc1C. The first-order valence-corrected chi connectivity index (χ1v) is 9.45. The van der Waals surface area contributed by atoms with E-state index in [4.69, 9.17) is 21.7 Å². The average Bonchev–Trinajstić information content (AvgIpc) is 2.61. The Morgan fingerprint density at radius 1 is 1.24 bits per heavy atom. The van der Waals surface area contributed by atoms with Gasteiger partial charge in [-0.3, -0.25) is 5.21 Å². The summed E-state index contributed by atoms with van der Waals surface area (Å²) in [6.07, 6.45) is 1.00. The van der Waals surface area contributed by atoms with E-state index in [1.807, 2.05) is 19.1 Å². The third-order valence-electron chi connectivity index (χ3n) is 4.06. The van der Waals surface area contributed by atoms with Crippen molar-refractivity contribution in [3.63, 3.8) is 0 Å². The van der Waals surface area contributed by atoms with Crippen LogP contribution in [0.3, 0.4) is 0 Å². The average molecular weight is 471 g/mol. The molecule has 0 fully saturated rings. The number of aryl methyl sites for hydroxylation is 3. The number of rotatable bonds is 5. The Hall–Kier alpha value is -1.38. The van der Waals surface area contributed by atoms with Gasteiger partial charge in [0.05, 0.1) is 12.8 Å². The second-order valence-electron chi connectivity index (χ2n) is 5.71. The van der Waals surface area contributed by atoms with Crippen LogP contribution in [0.15, 0.2) is 30.3 Å². The number of hydrogen-bond donors (Lipinski definition) is 1. The van der Waals surface area contributed by atoms with Gasteiger partial charge in [0.25, 0.3) is 5.17 Å². The van der Waals surface area contributed by atoms with E-state index in [9.17, 15) is 5.21 Å². The molecule has 6 heteroatoms. The number of anilines is 1. The lowest BCUT2D eigenvalue weighted by atomic mass is 10.0. The Balaban J connectivity index is 2.30. The second-order valence-corrected chi connectivity index (χ2v) is 7.22. The number of nitrogens with zero attached hydrogens (tertiary/aromatic N) is 1. The van der Waals surface area contributed by atoms with Crippen LogP contribution in [0.1, 0.15) is 29.2 Å². The minimum Gasteiger partial charge on any atom is -0.489 e. The molecule has 0 unspecified atom stereocenters. The van der Waals surface area contributed by atoms with Crippen molar-refractivity contribution in [3.8, 4) is 5.75 Å². The Bertz CT molecular complexity index is 780. The summed E-state index contributed by atoms with van der Waals surface area (Å²) in [5.41, 5.74) is 5.05. The first-order valence-electron chi connectivity index (χ1n) is 7.96. The summed E-state index contributed by atoms with van der Waals surface area (Å²) in [6.45, 7) is 6.61. The monoisotopic (exact) mass is 471 g/mol. The van der Waals surface area contributed by atoms with Crippen LogP contribution in [-0.2, 0) is 17.8 Å². The zero-order valence-corrected chi connectivity index (χ0v) is 17.8. The molecule has 0 aromatic heterocycles. The third kappa shape index (κ3) is 4.62. The molecular weight excluding hydrogens is 449 g/mol. The normalized spacial score (nSPS) is 10.5. The van der Waals surface area contributed by atoms with Crippen molar-refractivity contribution in [1.29, 1.82) is 0 Å². The highest BCUT2D eigenvalue weighted by Gasteiger charge is 2.17. The highest BCUT2D eigenvalue weighted by molar-refractivity contribution is 14.1. The van der Waals surface area contributed by atoms with Gasteiger partial charge in [0, 0.05) is 9.13 Å². The standard InChI is InChI=1S/C19H22INO3S/c1-5-14-9-13(3)18(10-12(14)2)24-11-15-16(20)7-6-8-17(15)21(22)19(25)23-4/h6-10,22H,5,11H2,1-4H3. The third-order valence-corrected chi connectivity index (χ3v) is 5.41. The van der Waals surface area contributed by atoms with Gasteiger partial charge in [0.15, 0.2) is 0 Å². The molecule has 4 nitrogen and oxygen atoms in total. The van der Waals surface area contributed by atoms with Crippen molar-refractivity contribution in [1.82, 2.24) is 0 Å². The van der Waals surface area contributed by atoms with E-state index >= 15 is 0 Å². The summed E-state index contributed by atoms with van der Waals surface area (Å²) in [5, 5.41) is 11.1. The Labute approximate surface area is 167 Å². The molecule has 0 saturated heterocycles. The Morgan fingerprint density at radius 3 is 2.60 bits per heavy atom. The van der Waals surface area contributed by atoms with Gasteiger partial charge >= 0.3 is 0 Å². The molecular formula is C19H22INO3S. The first-order chi connectivity index (χ1) is 11.9. The lowest BCUT2D eigenvalue weighted by Crippen LogP contribution is -2.28. The molecule has 0 spiro atoms. The van der Waals surface area contributed by atoms with Gasteiger partial charge in [-0.15, -0.1) is 0 Å². The fourth-order valence-corrected chi connectivity index (χ4v) is 3.35.